The Morgan fingerprint density at radius 2 is 1.85 bits per heavy atom. The molecule has 2 aromatic carbocycles. The molecule has 1 fully saturated rings. The van der Waals surface area contributed by atoms with E-state index in [1.165, 1.54) is 5.56 Å². The molecule has 0 amide bonds. The summed E-state index contributed by atoms with van der Waals surface area (Å²) in [7, 11) is 3.27. The van der Waals surface area contributed by atoms with Crippen molar-refractivity contribution in [1.82, 2.24) is 5.32 Å². The summed E-state index contributed by atoms with van der Waals surface area (Å²) in [5.74, 6) is 2.49. The largest absolute Gasteiger partial charge is 0.493 e. The maximum atomic E-state index is 6.03. The maximum Gasteiger partial charge on any atom is 0.188 e. The lowest BCUT2D eigenvalue weighted by Gasteiger charge is -2.09. The Bertz CT molecular complexity index is 783. The minimum absolute atomic E-state index is 0. The Hall–Kier alpha value is -1.48. The highest BCUT2D eigenvalue weighted by Crippen LogP contribution is 2.40. The molecule has 3 N–H and O–H groups in total. The van der Waals surface area contributed by atoms with E-state index in [-0.39, 0.29) is 24.0 Å². The van der Waals surface area contributed by atoms with Crippen LogP contribution in [0.5, 0.6) is 11.5 Å². The van der Waals surface area contributed by atoms with Crippen molar-refractivity contribution in [1.29, 1.82) is 0 Å². The van der Waals surface area contributed by atoms with Crippen molar-refractivity contribution in [2.75, 3.05) is 20.8 Å². The lowest BCUT2D eigenvalue weighted by Crippen LogP contribution is -2.34. The molecule has 5 nitrogen and oxygen atoms in total. The first-order valence-corrected chi connectivity index (χ1v) is 9.43. The van der Waals surface area contributed by atoms with Gasteiger partial charge in [0.15, 0.2) is 17.5 Å². The van der Waals surface area contributed by atoms with E-state index in [9.17, 15) is 0 Å². The van der Waals surface area contributed by atoms with Crippen LogP contribution in [-0.2, 0) is 6.42 Å². The Morgan fingerprint density at radius 3 is 2.52 bits per heavy atom. The third-order valence-electron chi connectivity index (χ3n) is 4.55. The molecule has 27 heavy (non-hydrogen) atoms. The predicted molar refractivity (Wildman–Crippen MR) is 124 cm³/mol. The molecule has 7 heteroatoms. The van der Waals surface area contributed by atoms with E-state index >= 15 is 0 Å². The van der Waals surface area contributed by atoms with Crippen LogP contribution in [0.25, 0.3) is 0 Å². The molecule has 1 aliphatic carbocycles. The minimum Gasteiger partial charge on any atom is -0.493 e. The van der Waals surface area contributed by atoms with Crippen LogP contribution >= 0.6 is 39.9 Å². The molecule has 0 radical (unpaired) electrons. The van der Waals surface area contributed by atoms with Crippen molar-refractivity contribution in [3.8, 4) is 11.5 Å². The lowest BCUT2D eigenvalue weighted by atomic mass is 10.1. The van der Waals surface area contributed by atoms with E-state index < -0.39 is 0 Å². The van der Waals surface area contributed by atoms with Crippen LogP contribution in [-0.4, -0.2) is 32.8 Å². The molecular formula is C20H25BrIN3O2. The number of halogens is 2. The summed E-state index contributed by atoms with van der Waals surface area (Å²) in [6.07, 6.45) is 1.89. The quantitative estimate of drug-likeness (QED) is 0.312. The van der Waals surface area contributed by atoms with Gasteiger partial charge in [-0.05, 0) is 48.2 Å². The van der Waals surface area contributed by atoms with Gasteiger partial charge >= 0.3 is 0 Å². The number of nitrogens with zero attached hydrogens (tertiary/aromatic N) is 1. The molecule has 146 valence electrons. The molecule has 0 aromatic heterocycles. The van der Waals surface area contributed by atoms with Crippen molar-refractivity contribution >= 4 is 45.9 Å². The third-order valence-corrected chi connectivity index (χ3v) is 5.08. The van der Waals surface area contributed by atoms with Crippen LogP contribution in [0.4, 0.5) is 0 Å². The second-order valence-electron chi connectivity index (χ2n) is 6.35. The number of hydrogen-bond donors (Lipinski definition) is 2. The Morgan fingerprint density at radius 1 is 1.15 bits per heavy atom. The van der Waals surface area contributed by atoms with Crippen molar-refractivity contribution in [3.05, 3.63) is 58.1 Å². The van der Waals surface area contributed by atoms with Crippen LogP contribution in [0.3, 0.4) is 0 Å². The number of benzene rings is 2. The van der Waals surface area contributed by atoms with E-state index in [0.717, 1.165) is 34.4 Å². The van der Waals surface area contributed by atoms with Crippen molar-refractivity contribution in [3.63, 3.8) is 0 Å². The summed E-state index contributed by atoms with van der Waals surface area (Å²) in [6.45, 7) is 0.629. The molecule has 0 aliphatic heterocycles. The zero-order chi connectivity index (χ0) is 18.5. The fourth-order valence-electron chi connectivity index (χ4n) is 3.01. The normalized spacial score (nSPS) is 18.4. The summed E-state index contributed by atoms with van der Waals surface area (Å²) in [4.78, 5) is 4.44. The standard InChI is InChI=1S/C20H24BrN3O2.HI/c1-25-18-8-3-13(11-19(18)26-2)9-10-23-20(22)24-17-12-16(17)14-4-6-15(21)7-5-14;/h3-8,11,16-17H,9-10,12H2,1-2H3,(H3,22,23,24);1H. The molecule has 0 saturated heterocycles. The second kappa shape index (κ2) is 10.2. The minimum atomic E-state index is 0. The number of rotatable bonds is 7. The topological polar surface area (TPSA) is 68.9 Å². The number of aliphatic imine (C=N–C) groups is 1. The molecule has 3 rings (SSSR count). The highest BCUT2D eigenvalue weighted by molar-refractivity contribution is 14.0. The Balaban J connectivity index is 0.00000261. The van der Waals surface area contributed by atoms with Gasteiger partial charge < -0.3 is 20.5 Å². The summed E-state index contributed by atoms with van der Waals surface area (Å²) in [5, 5.41) is 3.32. The summed E-state index contributed by atoms with van der Waals surface area (Å²) >= 11 is 3.47. The van der Waals surface area contributed by atoms with Gasteiger partial charge in [0.05, 0.1) is 14.2 Å². The summed E-state index contributed by atoms with van der Waals surface area (Å²) < 4.78 is 11.7. The first kappa shape index (κ1) is 21.8. The highest BCUT2D eigenvalue weighted by atomic mass is 127. The van der Waals surface area contributed by atoms with Gasteiger partial charge in [-0.25, -0.2) is 0 Å². The van der Waals surface area contributed by atoms with Gasteiger partial charge in [-0.15, -0.1) is 24.0 Å². The third kappa shape index (κ3) is 6.00. The van der Waals surface area contributed by atoms with Gasteiger partial charge in [0.25, 0.3) is 0 Å². The zero-order valence-electron chi connectivity index (χ0n) is 15.4. The first-order chi connectivity index (χ1) is 12.6. The van der Waals surface area contributed by atoms with Crippen molar-refractivity contribution < 1.29 is 9.47 Å². The van der Waals surface area contributed by atoms with E-state index in [1.807, 2.05) is 18.2 Å². The zero-order valence-corrected chi connectivity index (χ0v) is 19.4. The molecule has 2 atom stereocenters. The van der Waals surface area contributed by atoms with E-state index in [4.69, 9.17) is 15.2 Å². The Labute approximate surface area is 185 Å². The number of nitrogens with two attached hydrogens (primary N) is 1. The Kier molecular flexibility index (Phi) is 8.22. The number of methoxy groups -OCH3 is 2. The highest BCUT2D eigenvalue weighted by Gasteiger charge is 2.38. The molecule has 2 aromatic rings. The van der Waals surface area contributed by atoms with Crippen LogP contribution in [0, 0.1) is 0 Å². The molecule has 0 spiro atoms. The average molecular weight is 546 g/mol. The molecule has 1 aliphatic rings. The fourth-order valence-corrected chi connectivity index (χ4v) is 3.27. The van der Waals surface area contributed by atoms with Gasteiger partial charge in [0, 0.05) is 23.0 Å². The van der Waals surface area contributed by atoms with E-state index in [1.54, 1.807) is 14.2 Å². The number of nitrogens with one attached hydrogen (secondary N) is 1. The molecule has 1 saturated carbocycles. The van der Waals surface area contributed by atoms with Crippen molar-refractivity contribution in [2.45, 2.75) is 24.8 Å². The van der Waals surface area contributed by atoms with E-state index in [0.29, 0.717) is 24.5 Å². The lowest BCUT2D eigenvalue weighted by molar-refractivity contribution is 0.354. The summed E-state index contributed by atoms with van der Waals surface area (Å²) in [6, 6.07) is 14.7. The fraction of sp³-hybridized carbons (Fsp3) is 0.350. The first-order valence-electron chi connectivity index (χ1n) is 8.63. The molecule has 0 bridgehead atoms. The van der Waals surface area contributed by atoms with Crippen LogP contribution in [0.15, 0.2) is 51.9 Å². The van der Waals surface area contributed by atoms with Crippen LogP contribution in [0.2, 0.25) is 0 Å². The van der Waals surface area contributed by atoms with Gasteiger partial charge in [0.2, 0.25) is 0 Å². The second-order valence-corrected chi connectivity index (χ2v) is 7.27. The predicted octanol–water partition coefficient (Wildman–Crippen LogP) is 4.09. The van der Waals surface area contributed by atoms with Crippen LogP contribution < -0.4 is 20.5 Å². The van der Waals surface area contributed by atoms with Crippen molar-refractivity contribution in [2.24, 2.45) is 10.7 Å². The number of hydrogen-bond acceptors (Lipinski definition) is 3. The monoisotopic (exact) mass is 545 g/mol. The van der Waals surface area contributed by atoms with Gasteiger partial charge in [-0.1, -0.05) is 34.1 Å². The van der Waals surface area contributed by atoms with Gasteiger partial charge in [0.1, 0.15) is 0 Å². The van der Waals surface area contributed by atoms with E-state index in [2.05, 4.69) is 50.5 Å². The molecular weight excluding hydrogens is 521 g/mol. The average Bonchev–Trinajstić information content (AvgIpc) is 3.41. The number of ether oxygens (including phenoxy) is 2. The smallest absolute Gasteiger partial charge is 0.188 e. The number of guanidine groups is 1. The SMILES string of the molecule is COc1ccc(CCN=C(N)NC2CC2c2ccc(Br)cc2)cc1OC.I. The molecule has 0 heterocycles. The van der Waals surface area contributed by atoms with Gasteiger partial charge in [-0.3, -0.25) is 4.99 Å². The summed E-state index contributed by atoms with van der Waals surface area (Å²) in [5.41, 5.74) is 8.51. The molecule has 2 unspecified atom stereocenters. The maximum absolute atomic E-state index is 6.03. The van der Waals surface area contributed by atoms with Gasteiger partial charge in [-0.2, -0.15) is 0 Å². The van der Waals surface area contributed by atoms with Crippen LogP contribution in [0.1, 0.15) is 23.5 Å².